The smallest absolute Gasteiger partial charge is 0.00109 e. The van der Waals surface area contributed by atoms with E-state index in [1.54, 1.807) is 0 Å². The van der Waals surface area contributed by atoms with Gasteiger partial charge < -0.3 is 68.8 Å². The average Bonchev–Trinajstić information content (AvgIpc) is 0.927. The van der Waals surface area contributed by atoms with E-state index in [9.17, 15) is 0 Å². The van der Waals surface area contributed by atoms with Gasteiger partial charge in [-0.15, -0.1) is 0 Å². The van der Waals surface area contributed by atoms with Gasteiger partial charge in [0.15, 0.2) is 0 Å². The largest absolute Gasteiger partial charge is 0.331 e. The molecule has 0 aromatic heterocycles. The van der Waals surface area contributed by atoms with Crippen LogP contribution in [0, 0.1) is 17.8 Å². The first-order chi connectivity index (χ1) is 65.6. The summed E-state index contributed by atoms with van der Waals surface area (Å²) in [5, 5.41) is 0. The third-order valence-corrected chi connectivity index (χ3v) is 25.6. The van der Waals surface area contributed by atoms with Gasteiger partial charge in [-0.1, -0.05) is 629 Å². The predicted octanol–water partition coefficient (Wildman–Crippen LogP) is 36.4. The van der Waals surface area contributed by atoms with E-state index < -0.39 is 0 Å². The van der Waals surface area contributed by atoms with Crippen molar-refractivity contribution in [1.29, 1.82) is 0 Å². The van der Waals surface area contributed by atoms with Crippen LogP contribution in [-0.4, -0.2) is 78.5 Å². The van der Waals surface area contributed by atoms with Crippen LogP contribution in [0.5, 0.6) is 0 Å². The molecule has 3 atom stereocenters. The minimum atomic E-state index is 0.487. The van der Waals surface area contributed by atoms with Crippen LogP contribution in [-0.2, 0) is 0 Å². The highest BCUT2D eigenvalue weighted by atomic mass is 14.6. The Morgan fingerprint density at radius 2 is 0.321 bits per heavy atom. The van der Waals surface area contributed by atoms with Crippen molar-refractivity contribution >= 4 is 0 Å². The fourth-order valence-electron chi connectivity index (χ4n) is 15.3. The van der Waals surface area contributed by atoms with E-state index in [2.05, 4.69) is 109 Å². The second-order valence-corrected chi connectivity index (χ2v) is 40.3. The molecule has 0 spiro atoms. The molecule has 3 unspecified atom stereocenters. The lowest BCUT2D eigenvalue weighted by atomic mass is 10.00. The minimum absolute atomic E-state index is 0.487. The first-order valence-corrected chi connectivity index (χ1v) is 61.0. The molecule has 0 amide bonds. The highest BCUT2D eigenvalue weighted by Gasteiger charge is 2.04. The molecule has 0 saturated heterocycles. The molecule has 1 rings (SSSR count). The van der Waals surface area contributed by atoms with Gasteiger partial charge in [-0.3, -0.25) is 0 Å². The summed E-state index contributed by atoms with van der Waals surface area (Å²) in [6.45, 7) is 43.0. The summed E-state index contributed by atoms with van der Waals surface area (Å²) in [6.07, 6.45) is 119. The lowest BCUT2D eigenvalue weighted by molar-refractivity contribution is 0.461. The molecule has 820 valence electrons. The molecule has 0 saturated carbocycles. The normalized spacial score (nSPS) is 11.1. The Balaban J connectivity index is -0.000000139. The topological polar surface area (TPSA) is 312 Å². The fourth-order valence-corrected chi connectivity index (χ4v) is 15.3. The molecule has 0 radical (unpaired) electrons. The van der Waals surface area contributed by atoms with E-state index in [4.69, 9.17) is 68.8 Å². The molecule has 0 fully saturated rings. The predicted molar refractivity (Wildman–Crippen MR) is 626 cm³/mol. The van der Waals surface area contributed by atoms with Crippen LogP contribution < -0.4 is 68.8 Å². The summed E-state index contributed by atoms with van der Waals surface area (Å²) in [5.41, 5.74) is 65.7. The van der Waals surface area contributed by atoms with Crippen LogP contribution in [0.1, 0.15) is 661 Å². The standard InChI is InChI=1S/C18H39N.C16H35N.C14H31N.C13H29N.C12H27N.C11H25N.C10H23N.C9H13N.C8H19N.C5H13N.C4H11N.C2H7N/c1-2-3-4-5-6-7-8-9-10-11-12-13-14-15-16-17-18-19;1-2-3-4-5-6-7-8-9-10-11-12-13-14-15-16-17;1-2-3-4-5-6-7-8-9-10-11-12-13-14-15;1-2-3-4-5-6-7-8-9-10-11-12-13-14;1-2-3-4-5-6-7-8-9-10-11-12-13;1-2-3-4-5-6-7-8-9-10-11-12;1-2-3-4-5-6-7-8-9-10-11;1-8(7-10)9-5-3-2-4-6-9;1-3-5-6-8(4-2)7-9;1-3-5(2)4-6;1-4(2)3-5;1-2-3/h2-19H2,1H3;2-17H2,1H3;2-15H2,1H3;2-14H2,1H3;2-13H2,1H3;2-12H2,1H3;2-11H2,1H3;2-6,8H,7,10H2,1H3;8H,3-7,9H2,1-2H3;5H,3-4,6H2,1-2H3;4H,3,5H2,1-2H3;2-3H2,1H3. The zero-order valence-electron chi connectivity index (χ0n) is 96.2. The Bertz CT molecular complexity index is 1730. The molecular formula is C122H272N12. The third kappa shape index (κ3) is 193. The molecule has 1 aromatic carbocycles. The van der Waals surface area contributed by atoms with Gasteiger partial charge in [-0.25, -0.2) is 0 Å². The van der Waals surface area contributed by atoms with E-state index >= 15 is 0 Å². The first-order valence-electron chi connectivity index (χ1n) is 61.0. The van der Waals surface area contributed by atoms with Gasteiger partial charge in [0.05, 0.1) is 0 Å². The second-order valence-electron chi connectivity index (χ2n) is 40.3. The minimum Gasteiger partial charge on any atom is -0.331 e. The highest BCUT2D eigenvalue weighted by Crippen LogP contribution is 2.20. The molecule has 134 heavy (non-hydrogen) atoms. The quantitative estimate of drug-likeness (QED) is 0.0271. The number of hydrogen-bond donors (Lipinski definition) is 12. The summed E-state index contributed by atoms with van der Waals surface area (Å²) in [7, 11) is 0. The lowest BCUT2D eigenvalue weighted by Gasteiger charge is -2.09. The van der Waals surface area contributed by atoms with Crippen molar-refractivity contribution in [3.05, 3.63) is 35.9 Å². The monoisotopic (exact) mass is 1910 g/mol. The molecule has 0 aliphatic carbocycles. The van der Waals surface area contributed by atoms with Crippen molar-refractivity contribution in [2.24, 2.45) is 86.6 Å². The zero-order chi connectivity index (χ0) is 102. The van der Waals surface area contributed by atoms with E-state index in [1.165, 1.54) is 551 Å². The van der Waals surface area contributed by atoms with Crippen LogP contribution in [0.2, 0.25) is 0 Å². The van der Waals surface area contributed by atoms with Crippen molar-refractivity contribution in [3.8, 4) is 0 Å². The summed E-state index contributed by atoms with van der Waals surface area (Å²) in [6, 6.07) is 10.3. The van der Waals surface area contributed by atoms with Gasteiger partial charge in [0, 0.05) is 0 Å². The van der Waals surface area contributed by atoms with Gasteiger partial charge in [0.25, 0.3) is 0 Å². The first kappa shape index (κ1) is 155. The Kier molecular flexibility index (Phi) is 195. The average molecular weight is 1910 g/mol. The van der Waals surface area contributed by atoms with Crippen LogP contribution in [0.15, 0.2) is 30.3 Å². The van der Waals surface area contributed by atoms with Crippen LogP contribution in [0.3, 0.4) is 0 Å². The number of nitrogens with two attached hydrogens (primary N) is 12. The Hall–Kier alpha value is -1.26. The number of unbranched alkanes of at least 4 members (excludes halogenated alkanes) is 74. The van der Waals surface area contributed by atoms with E-state index in [0.29, 0.717) is 17.8 Å². The molecule has 24 N–H and O–H groups in total. The van der Waals surface area contributed by atoms with Crippen molar-refractivity contribution in [1.82, 2.24) is 0 Å². The SMILES string of the molecule is CC(C)CN.CC(CN)c1ccccc1.CCC(C)CN.CCCCC(CC)CN.CCCCCCCCCCCCCCCCCCN.CCCCCCCCCCCCCCCCN.CCCCCCCCCCCCCCN.CCCCCCCCCCCCCN.CCCCCCCCCCCCN.CCCCCCCCCCCN.CCCCCCCCCCN.CCN. The molecule has 0 aliphatic rings. The van der Waals surface area contributed by atoms with Crippen molar-refractivity contribution < 1.29 is 0 Å². The van der Waals surface area contributed by atoms with Gasteiger partial charge in [-0.2, -0.15) is 0 Å². The molecule has 0 aliphatic heterocycles. The Morgan fingerprint density at radius 3 is 0.418 bits per heavy atom. The van der Waals surface area contributed by atoms with Gasteiger partial charge >= 0.3 is 0 Å². The van der Waals surface area contributed by atoms with Crippen molar-refractivity contribution in [2.45, 2.75) is 656 Å². The highest BCUT2D eigenvalue weighted by molar-refractivity contribution is 5.18. The lowest BCUT2D eigenvalue weighted by Crippen LogP contribution is -2.12. The summed E-state index contributed by atoms with van der Waals surface area (Å²) in [4.78, 5) is 0. The van der Waals surface area contributed by atoms with E-state index in [-0.39, 0.29) is 0 Å². The van der Waals surface area contributed by atoms with Gasteiger partial charge in [0.2, 0.25) is 0 Å². The van der Waals surface area contributed by atoms with Crippen LogP contribution >= 0.6 is 0 Å². The van der Waals surface area contributed by atoms with Gasteiger partial charge in [0.1, 0.15) is 0 Å². The van der Waals surface area contributed by atoms with Gasteiger partial charge in [-0.05, 0) is 159 Å². The maximum absolute atomic E-state index is 5.52. The summed E-state index contributed by atoms with van der Waals surface area (Å²) >= 11 is 0. The maximum Gasteiger partial charge on any atom is -0.00109 e. The zero-order valence-corrected chi connectivity index (χ0v) is 96.2. The number of benzene rings is 1. The molecule has 0 bridgehead atoms. The number of hydrogen-bond acceptors (Lipinski definition) is 12. The van der Waals surface area contributed by atoms with Crippen molar-refractivity contribution in [3.63, 3.8) is 0 Å². The Morgan fingerprint density at radius 1 is 0.172 bits per heavy atom. The van der Waals surface area contributed by atoms with Crippen LogP contribution in [0.25, 0.3) is 0 Å². The van der Waals surface area contributed by atoms with E-state index in [0.717, 1.165) is 84.5 Å². The summed E-state index contributed by atoms with van der Waals surface area (Å²) < 4.78 is 0. The van der Waals surface area contributed by atoms with Crippen molar-refractivity contribution in [2.75, 3.05) is 78.5 Å². The maximum atomic E-state index is 5.52. The third-order valence-electron chi connectivity index (χ3n) is 25.6. The Labute approximate surface area is 851 Å². The fraction of sp³-hybridized carbons (Fsp3) is 0.951. The molecule has 12 nitrogen and oxygen atoms in total. The van der Waals surface area contributed by atoms with E-state index in [1.807, 2.05) is 25.1 Å². The summed E-state index contributed by atoms with van der Waals surface area (Å²) in [5.74, 6) is 2.64. The van der Waals surface area contributed by atoms with Crippen LogP contribution in [0.4, 0.5) is 0 Å². The molecule has 12 heteroatoms. The molecule has 0 heterocycles. The molecular weight excluding hydrogens is 1630 g/mol. The second kappa shape index (κ2) is 168. The number of rotatable bonds is 90. The molecule has 1 aromatic rings.